The van der Waals surface area contributed by atoms with Gasteiger partial charge >= 0.3 is 0 Å². The summed E-state index contributed by atoms with van der Waals surface area (Å²) in [6.07, 6.45) is 3.84. The number of aryl methyl sites for hydroxylation is 1. The van der Waals surface area contributed by atoms with Gasteiger partial charge in [-0.25, -0.2) is 12.8 Å². The van der Waals surface area contributed by atoms with Crippen LogP contribution in [0.2, 0.25) is 0 Å². The Morgan fingerprint density at radius 2 is 1.69 bits per heavy atom. The summed E-state index contributed by atoms with van der Waals surface area (Å²) in [5, 5.41) is 2.71. The standard InChI is InChI=1S/C26H32FN3O4S/c1-3-16-28-26(32)20(2)30(19-22-6-11-23(27)12-7-22)25(31)15-10-21-8-13-24(14-9-21)35(33,34)29-17-4-5-18-29/h3,6-9,11-14,20H,1,4-5,10,15-19H2,2H3,(H,28,32). The van der Waals surface area contributed by atoms with E-state index in [2.05, 4.69) is 11.9 Å². The molecule has 1 heterocycles. The van der Waals surface area contributed by atoms with Crippen LogP contribution in [0, 0.1) is 5.82 Å². The summed E-state index contributed by atoms with van der Waals surface area (Å²) in [6.45, 7) is 6.77. The third-order valence-corrected chi connectivity index (χ3v) is 8.02. The lowest BCUT2D eigenvalue weighted by Gasteiger charge is -2.29. The molecule has 7 nitrogen and oxygen atoms in total. The maximum absolute atomic E-state index is 13.3. The molecule has 1 aliphatic rings. The topological polar surface area (TPSA) is 86.8 Å². The third kappa shape index (κ3) is 6.99. The van der Waals surface area contributed by atoms with E-state index in [1.807, 2.05) is 0 Å². The molecule has 2 aromatic rings. The molecule has 0 bridgehead atoms. The van der Waals surface area contributed by atoms with Crippen molar-refractivity contribution in [2.45, 2.75) is 50.1 Å². The third-order valence-electron chi connectivity index (χ3n) is 6.11. The summed E-state index contributed by atoms with van der Waals surface area (Å²) >= 11 is 0. The van der Waals surface area contributed by atoms with Crippen LogP contribution in [0.5, 0.6) is 0 Å². The molecule has 1 saturated heterocycles. The number of sulfonamides is 1. The molecule has 0 radical (unpaired) electrons. The smallest absolute Gasteiger partial charge is 0.243 e. The number of halogens is 1. The fourth-order valence-electron chi connectivity index (χ4n) is 3.99. The van der Waals surface area contributed by atoms with Gasteiger partial charge in [0.05, 0.1) is 4.90 Å². The molecule has 1 aliphatic heterocycles. The molecule has 0 aromatic heterocycles. The van der Waals surface area contributed by atoms with Crippen molar-refractivity contribution in [1.29, 1.82) is 0 Å². The number of carbonyl (C=O) groups excluding carboxylic acids is 2. The van der Waals surface area contributed by atoms with Gasteiger partial charge in [-0.15, -0.1) is 6.58 Å². The fraction of sp³-hybridized carbons (Fsp3) is 0.385. The molecule has 35 heavy (non-hydrogen) atoms. The summed E-state index contributed by atoms with van der Waals surface area (Å²) in [5.74, 6) is -0.917. The van der Waals surface area contributed by atoms with Gasteiger partial charge in [0.1, 0.15) is 11.9 Å². The van der Waals surface area contributed by atoms with Gasteiger partial charge in [0, 0.05) is 32.6 Å². The van der Waals surface area contributed by atoms with Crippen LogP contribution in [0.4, 0.5) is 4.39 Å². The molecule has 0 aliphatic carbocycles. The van der Waals surface area contributed by atoms with E-state index in [0.717, 1.165) is 18.4 Å². The summed E-state index contributed by atoms with van der Waals surface area (Å²) in [4.78, 5) is 27.4. The van der Waals surface area contributed by atoms with E-state index in [4.69, 9.17) is 0 Å². The molecular formula is C26H32FN3O4S. The average Bonchev–Trinajstić information content (AvgIpc) is 3.41. The van der Waals surface area contributed by atoms with Gasteiger partial charge in [-0.1, -0.05) is 30.3 Å². The Hall–Kier alpha value is -3.04. The van der Waals surface area contributed by atoms with Gasteiger partial charge in [-0.2, -0.15) is 4.31 Å². The molecule has 2 amide bonds. The zero-order valence-corrected chi connectivity index (χ0v) is 20.8. The van der Waals surface area contributed by atoms with Crippen molar-refractivity contribution in [1.82, 2.24) is 14.5 Å². The van der Waals surface area contributed by atoms with Gasteiger partial charge in [0.2, 0.25) is 21.8 Å². The van der Waals surface area contributed by atoms with Crippen molar-refractivity contribution in [3.05, 3.63) is 78.1 Å². The molecule has 2 aromatic carbocycles. The predicted molar refractivity (Wildman–Crippen MR) is 132 cm³/mol. The highest BCUT2D eigenvalue weighted by Crippen LogP contribution is 2.21. The zero-order chi connectivity index (χ0) is 25.4. The number of hydrogen-bond donors (Lipinski definition) is 1. The van der Waals surface area contributed by atoms with Crippen LogP contribution in [0.25, 0.3) is 0 Å². The Morgan fingerprint density at radius 3 is 2.29 bits per heavy atom. The summed E-state index contributed by atoms with van der Waals surface area (Å²) < 4.78 is 40.2. The molecule has 3 rings (SSSR count). The lowest BCUT2D eigenvalue weighted by Crippen LogP contribution is -2.47. The molecule has 9 heteroatoms. The number of nitrogens with one attached hydrogen (secondary N) is 1. The number of hydrogen-bond acceptors (Lipinski definition) is 4. The summed E-state index contributed by atoms with van der Waals surface area (Å²) in [6, 6.07) is 11.7. The normalized spacial score (nSPS) is 14.9. The van der Waals surface area contributed by atoms with Crippen molar-refractivity contribution < 1.29 is 22.4 Å². The minimum atomic E-state index is -3.49. The number of rotatable bonds is 11. The minimum absolute atomic E-state index is 0.137. The molecule has 0 spiro atoms. The van der Waals surface area contributed by atoms with Crippen molar-refractivity contribution in [3.63, 3.8) is 0 Å². The first-order valence-electron chi connectivity index (χ1n) is 11.7. The number of amides is 2. The Labute approximate surface area is 206 Å². The monoisotopic (exact) mass is 501 g/mol. The Kier molecular flexibility index (Phi) is 9.17. The number of nitrogens with zero attached hydrogens (tertiary/aromatic N) is 2. The molecule has 188 valence electrons. The van der Waals surface area contributed by atoms with Gasteiger partial charge in [-0.05, 0) is 61.6 Å². The Bertz CT molecular complexity index is 1130. The first kappa shape index (κ1) is 26.6. The van der Waals surface area contributed by atoms with E-state index < -0.39 is 16.1 Å². The second-order valence-electron chi connectivity index (χ2n) is 8.61. The van der Waals surface area contributed by atoms with E-state index in [9.17, 15) is 22.4 Å². The zero-order valence-electron chi connectivity index (χ0n) is 20.0. The largest absolute Gasteiger partial charge is 0.351 e. The second-order valence-corrected chi connectivity index (χ2v) is 10.6. The van der Waals surface area contributed by atoms with Crippen LogP contribution in [0.15, 0.2) is 66.1 Å². The molecule has 1 atom stereocenters. The molecule has 0 saturated carbocycles. The minimum Gasteiger partial charge on any atom is -0.351 e. The highest BCUT2D eigenvalue weighted by Gasteiger charge is 2.28. The van der Waals surface area contributed by atoms with Crippen molar-refractivity contribution in [3.8, 4) is 0 Å². The first-order chi connectivity index (χ1) is 16.7. The van der Waals surface area contributed by atoms with E-state index in [1.54, 1.807) is 49.4 Å². The molecular weight excluding hydrogens is 469 g/mol. The van der Waals surface area contributed by atoms with Crippen LogP contribution >= 0.6 is 0 Å². The number of carbonyl (C=O) groups is 2. The maximum atomic E-state index is 13.3. The second kappa shape index (κ2) is 12.1. The highest BCUT2D eigenvalue weighted by atomic mass is 32.2. The SMILES string of the molecule is C=CCNC(=O)C(C)N(Cc1ccc(F)cc1)C(=O)CCc1ccc(S(=O)(=O)N2CCCC2)cc1. The Morgan fingerprint density at radius 1 is 1.09 bits per heavy atom. The van der Waals surface area contributed by atoms with Crippen molar-refractivity contribution in [2.24, 2.45) is 0 Å². The van der Waals surface area contributed by atoms with E-state index in [-0.39, 0.29) is 42.0 Å². The van der Waals surface area contributed by atoms with Crippen molar-refractivity contribution >= 4 is 21.8 Å². The van der Waals surface area contributed by atoms with Gasteiger partial charge in [-0.3, -0.25) is 9.59 Å². The lowest BCUT2D eigenvalue weighted by molar-refractivity contribution is -0.140. The van der Waals surface area contributed by atoms with Crippen LogP contribution in [0.3, 0.4) is 0 Å². The fourth-order valence-corrected chi connectivity index (χ4v) is 5.51. The van der Waals surface area contributed by atoms with E-state index in [0.29, 0.717) is 25.1 Å². The van der Waals surface area contributed by atoms with Crippen molar-refractivity contribution in [2.75, 3.05) is 19.6 Å². The predicted octanol–water partition coefficient (Wildman–Crippen LogP) is 3.26. The molecule has 1 N–H and O–H groups in total. The summed E-state index contributed by atoms with van der Waals surface area (Å²) in [7, 11) is -3.49. The van der Waals surface area contributed by atoms with Crippen LogP contribution in [-0.4, -0.2) is 55.1 Å². The average molecular weight is 502 g/mol. The van der Waals surface area contributed by atoms with E-state index in [1.165, 1.54) is 21.3 Å². The highest BCUT2D eigenvalue weighted by molar-refractivity contribution is 7.89. The summed E-state index contributed by atoms with van der Waals surface area (Å²) in [5.41, 5.74) is 1.53. The molecule has 1 unspecified atom stereocenters. The van der Waals surface area contributed by atoms with Gasteiger partial charge in [0.15, 0.2) is 0 Å². The molecule has 1 fully saturated rings. The quantitative estimate of drug-likeness (QED) is 0.479. The van der Waals surface area contributed by atoms with Crippen LogP contribution in [-0.2, 0) is 32.6 Å². The van der Waals surface area contributed by atoms with Crippen LogP contribution in [0.1, 0.15) is 37.3 Å². The lowest BCUT2D eigenvalue weighted by atomic mass is 10.1. The Balaban J connectivity index is 1.68. The maximum Gasteiger partial charge on any atom is 0.243 e. The van der Waals surface area contributed by atoms with Gasteiger partial charge in [0.25, 0.3) is 0 Å². The first-order valence-corrected chi connectivity index (χ1v) is 13.2. The van der Waals surface area contributed by atoms with Gasteiger partial charge < -0.3 is 10.2 Å². The van der Waals surface area contributed by atoms with Crippen LogP contribution < -0.4 is 5.32 Å². The number of benzene rings is 2. The van der Waals surface area contributed by atoms with E-state index >= 15 is 0 Å².